The molecule has 15 heteroatoms. The molecule has 2 aliphatic rings. The Morgan fingerprint density at radius 1 is 0.887 bits per heavy atom. The number of anilines is 2. The first kappa shape index (κ1) is 35.7. The Bertz CT molecular complexity index is 1940. The van der Waals surface area contributed by atoms with Gasteiger partial charge in [-0.05, 0) is 36.1 Å². The fraction of sp³-hybridized carbons (Fsp3) is 0.368. The van der Waals surface area contributed by atoms with Gasteiger partial charge in [-0.15, -0.1) is 0 Å². The van der Waals surface area contributed by atoms with Gasteiger partial charge < -0.3 is 46.1 Å². The number of fused-ring (bicyclic) bond motifs is 1. The Kier molecular flexibility index (Phi) is 11.0. The van der Waals surface area contributed by atoms with Crippen LogP contribution in [-0.4, -0.2) is 102 Å². The van der Waals surface area contributed by atoms with Crippen LogP contribution in [0.5, 0.6) is 0 Å². The van der Waals surface area contributed by atoms with Crippen molar-refractivity contribution in [1.29, 1.82) is 0 Å². The highest BCUT2D eigenvalue weighted by Crippen LogP contribution is 2.35. The van der Waals surface area contributed by atoms with Gasteiger partial charge in [0.15, 0.2) is 17.0 Å². The Morgan fingerprint density at radius 3 is 2.32 bits per heavy atom. The van der Waals surface area contributed by atoms with Crippen LogP contribution in [0.3, 0.4) is 0 Å². The quantitative estimate of drug-likeness (QED) is 0.0939. The number of hydrogen-bond acceptors (Lipinski definition) is 11. The van der Waals surface area contributed by atoms with Crippen LogP contribution in [-0.2, 0) is 11.3 Å². The van der Waals surface area contributed by atoms with E-state index in [4.69, 9.17) is 15.0 Å². The number of aliphatic hydroxyl groups excluding tert-OH is 3. The van der Waals surface area contributed by atoms with Crippen LogP contribution >= 0.6 is 0 Å². The molecule has 1 aliphatic heterocycles. The molecule has 0 unspecified atom stereocenters. The summed E-state index contributed by atoms with van der Waals surface area (Å²) in [4.78, 5) is 45.9. The number of amides is 3. The number of pyridine rings is 1. The summed E-state index contributed by atoms with van der Waals surface area (Å²) in [5.41, 5.74) is 3.97. The van der Waals surface area contributed by atoms with Gasteiger partial charge in [0.1, 0.15) is 12.2 Å². The zero-order valence-electron chi connectivity index (χ0n) is 29.1. The minimum Gasteiger partial charge on any atom is -0.396 e. The first-order valence-corrected chi connectivity index (χ1v) is 17.9. The number of aliphatic hydroxyl groups is 3. The van der Waals surface area contributed by atoms with E-state index in [9.17, 15) is 24.9 Å². The van der Waals surface area contributed by atoms with Crippen LogP contribution in [0.1, 0.15) is 48.0 Å². The molecule has 7 N–H and O–H groups in total. The van der Waals surface area contributed by atoms with Gasteiger partial charge in [-0.25, -0.2) is 9.78 Å². The van der Waals surface area contributed by atoms with E-state index in [-0.39, 0.29) is 37.4 Å². The monoisotopic (exact) mass is 720 g/mol. The van der Waals surface area contributed by atoms with Gasteiger partial charge in [0, 0.05) is 44.2 Å². The minimum absolute atomic E-state index is 0.00647. The number of nitrogens with one attached hydrogen (secondary N) is 4. The van der Waals surface area contributed by atoms with Crippen molar-refractivity contribution in [3.63, 3.8) is 0 Å². The van der Waals surface area contributed by atoms with Gasteiger partial charge in [-0.3, -0.25) is 9.78 Å². The first-order chi connectivity index (χ1) is 25.9. The van der Waals surface area contributed by atoms with Crippen LogP contribution < -0.4 is 26.2 Å². The van der Waals surface area contributed by atoms with Gasteiger partial charge in [-0.2, -0.15) is 9.97 Å². The number of carbonyl (C=O) groups excluding carboxylic acids is 2. The molecule has 15 nitrogen and oxygen atoms in total. The third kappa shape index (κ3) is 8.22. The predicted molar refractivity (Wildman–Crippen MR) is 198 cm³/mol. The molecule has 7 rings (SSSR count). The summed E-state index contributed by atoms with van der Waals surface area (Å²) >= 11 is 0. The molecule has 2 aromatic carbocycles. The van der Waals surface area contributed by atoms with Gasteiger partial charge in [0.05, 0.1) is 37.3 Å². The maximum absolute atomic E-state index is 12.8. The molecule has 5 aromatic rings. The minimum atomic E-state index is -1.23. The number of carbonyl (C=O) groups is 2. The molecule has 1 saturated heterocycles. The summed E-state index contributed by atoms with van der Waals surface area (Å²) in [6.45, 7) is 1.54. The van der Waals surface area contributed by atoms with Crippen LogP contribution in [0, 0.1) is 0 Å². The maximum atomic E-state index is 12.8. The van der Waals surface area contributed by atoms with Crippen molar-refractivity contribution in [2.45, 2.75) is 62.1 Å². The number of benzene rings is 2. The van der Waals surface area contributed by atoms with Crippen LogP contribution in [0.4, 0.5) is 16.6 Å². The van der Waals surface area contributed by atoms with E-state index in [1.165, 1.54) is 0 Å². The third-order valence-electron chi connectivity index (χ3n) is 9.94. The molecule has 3 amide bonds. The number of aromatic nitrogens is 5. The van der Waals surface area contributed by atoms with E-state index in [2.05, 4.69) is 50.5 Å². The SMILES string of the molecule is O=C(CCO)N[C@H]1C[C@@H](n2cnc3c(NCC(c4ccccc4)c4ccccc4)nc(N4CC[C@@H](NC(=O)NCc5ccccn5)C4)nc32)[C@H](O)[C@@H]1O. The molecule has 0 spiro atoms. The average molecular weight is 721 g/mol. The molecule has 5 atom stereocenters. The topological polar surface area (TPSA) is 203 Å². The maximum Gasteiger partial charge on any atom is 0.315 e. The Labute approximate surface area is 306 Å². The lowest BCUT2D eigenvalue weighted by molar-refractivity contribution is -0.123. The van der Waals surface area contributed by atoms with E-state index in [1.54, 1.807) is 17.1 Å². The molecule has 3 aromatic heterocycles. The molecule has 53 heavy (non-hydrogen) atoms. The van der Waals surface area contributed by atoms with Crippen molar-refractivity contribution in [1.82, 2.24) is 40.5 Å². The van der Waals surface area contributed by atoms with Crippen molar-refractivity contribution in [3.8, 4) is 0 Å². The first-order valence-electron chi connectivity index (χ1n) is 17.9. The van der Waals surface area contributed by atoms with Crippen LogP contribution in [0.15, 0.2) is 91.4 Å². The highest BCUT2D eigenvalue weighted by atomic mass is 16.3. The van der Waals surface area contributed by atoms with E-state index in [0.29, 0.717) is 55.5 Å². The van der Waals surface area contributed by atoms with E-state index in [0.717, 1.165) is 16.8 Å². The fourth-order valence-electron chi connectivity index (χ4n) is 7.19. The summed E-state index contributed by atoms with van der Waals surface area (Å²) in [5, 5.41) is 43.5. The van der Waals surface area contributed by atoms with Crippen LogP contribution in [0.25, 0.3) is 11.2 Å². The number of urea groups is 1. The number of nitrogens with zero attached hydrogens (tertiary/aromatic N) is 6. The van der Waals surface area contributed by atoms with Gasteiger partial charge in [0.2, 0.25) is 11.9 Å². The molecule has 2 fully saturated rings. The number of hydrogen-bond donors (Lipinski definition) is 7. The zero-order valence-corrected chi connectivity index (χ0v) is 29.1. The predicted octanol–water partition coefficient (Wildman–Crippen LogP) is 2.08. The molecule has 1 aliphatic carbocycles. The van der Waals surface area contributed by atoms with Crippen LogP contribution in [0.2, 0.25) is 0 Å². The molecule has 0 bridgehead atoms. The summed E-state index contributed by atoms with van der Waals surface area (Å²) < 4.78 is 1.74. The Hall–Kier alpha value is -5.64. The fourth-order valence-corrected chi connectivity index (χ4v) is 7.19. The number of imidazole rings is 1. The largest absolute Gasteiger partial charge is 0.396 e. The summed E-state index contributed by atoms with van der Waals surface area (Å²) in [5.74, 6) is 0.515. The summed E-state index contributed by atoms with van der Waals surface area (Å²) in [6.07, 6.45) is 1.61. The van der Waals surface area contributed by atoms with E-state index in [1.807, 2.05) is 59.5 Å². The van der Waals surface area contributed by atoms with Crippen molar-refractivity contribution in [2.24, 2.45) is 0 Å². The summed E-state index contributed by atoms with van der Waals surface area (Å²) in [7, 11) is 0. The van der Waals surface area contributed by atoms with Crippen molar-refractivity contribution in [3.05, 3.63) is 108 Å². The molecule has 0 radical (unpaired) electrons. The second kappa shape index (κ2) is 16.4. The third-order valence-corrected chi connectivity index (χ3v) is 9.94. The highest BCUT2D eigenvalue weighted by Gasteiger charge is 2.44. The highest BCUT2D eigenvalue weighted by molar-refractivity contribution is 5.85. The molecular formula is C38H44N10O5. The van der Waals surface area contributed by atoms with Gasteiger partial charge >= 0.3 is 6.03 Å². The molecular weight excluding hydrogens is 676 g/mol. The Balaban J connectivity index is 1.16. The molecule has 276 valence electrons. The van der Waals surface area contributed by atoms with Gasteiger partial charge in [-0.1, -0.05) is 66.7 Å². The second-order valence-electron chi connectivity index (χ2n) is 13.5. The lowest BCUT2D eigenvalue weighted by atomic mass is 9.91. The number of rotatable bonds is 13. The Morgan fingerprint density at radius 2 is 1.62 bits per heavy atom. The normalized spacial score (nSPS) is 21.2. The van der Waals surface area contributed by atoms with Crippen molar-refractivity contribution >= 4 is 34.9 Å². The lowest BCUT2D eigenvalue weighted by Gasteiger charge is -2.22. The van der Waals surface area contributed by atoms with E-state index >= 15 is 0 Å². The summed E-state index contributed by atoms with van der Waals surface area (Å²) in [6, 6.07) is 24.2. The smallest absolute Gasteiger partial charge is 0.315 e. The van der Waals surface area contributed by atoms with Crippen molar-refractivity contribution in [2.75, 3.05) is 36.5 Å². The van der Waals surface area contributed by atoms with Crippen molar-refractivity contribution < 1.29 is 24.9 Å². The molecule has 4 heterocycles. The van der Waals surface area contributed by atoms with Gasteiger partial charge in [0.25, 0.3) is 0 Å². The zero-order chi connectivity index (χ0) is 36.7. The standard InChI is InChI=1S/C38H44N10O5/c49-18-15-31(50)44-29-19-30(34(52)33(29)51)48-23-42-32-35(40-21-28(24-9-3-1-4-10-24)25-11-5-2-6-12-25)45-37(46-36(32)48)47-17-14-27(22-47)43-38(53)41-20-26-13-7-8-16-39-26/h1-13,16,23,27-30,33-34,49,51-52H,14-15,17-22H2,(H,44,50)(H,40,45,46)(H2,41,43,53)/t27-,29+,30-,33-,34+/m1/s1. The van der Waals surface area contributed by atoms with E-state index < -0.39 is 30.2 Å². The molecule has 1 saturated carbocycles. The average Bonchev–Trinajstić information content (AvgIpc) is 3.90. The lowest BCUT2D eigenvalue weighted by Crippen LogP contribution is -2.43. The second-order valence-corrected chi connectivity index (χ2v) is 13.5.